The van der Waals surface area contributed by atoms with Gasteiger partial charge in [0.15, 0.2) is 0 Å². The fourth-order valence-corrected chi connectivity index (χ4v) is 3.96. The summed E-state index contributed by atoms with van der Waals surface area (Å²) in [5.74, 6) is 0.638. The Bertz CT molecular complexity index is 359. The first-order valence-electron chi connectivity index (χ1n) is 7.90. The highest BCUT2D eigenvalue weighted by Gasteiger charge is 2.28. The van der Waals surface area contributed by atoms with Gasteiger partial charge in [0.1, 0.15) is 0 Å². The van der Waals surface area contributed by atoms with E-state index in [0.717, 1.165) is 45.2 Å². The second-order valence-corrected chi connectivity index (χ2v) is 7.90. The lowest BCUT2D eigenvalue weighted by Crippen LogP contribution is -2.43. The molecule has 0 aromatic heterocycles. The first-order chi connectivity index (χ1) is 9.48. The zero-order valence-electron chi connectivity index (χ0n) is 13.3. The van der Waals surface area contributed by atoms with E-state index in [1.807, 2.05) is 0 Å². The van der Waals surface area contributed by atoms with Crippen LogP contribution in [0.5, 0.6) is 0 Å². The van der Waals surface area contributed by atoms with Crippen molar-refractivity contribution in [2.45, 2.75) is 46.0 Å². The minimum Gasteiger partial charge on any atom is -0.317 e. The van der Waals surface area contributed by atoms with Crippen molar-refractivity contribution in [2.24, 2.45) is 5.92 Å². The monoisotopic (exact) mass is 305 g/mol. The first-order valence-corrected chi connectivity index (χ1v) is 9.30. The molecule has 1 fully saturated rings. The minimum absolute atomic E-state index is 0.588. The van der Waals surface area contributed by atoms with Gasteiger partial charge in [-0.15, -0.1) is 0 Å². The van der Waals surface area contributed by atoms with E-state index in [1.54, 1.807) is 11.4 Å². The van der Waals surface area contributed by atoms with Crippen molar-refractivity contribution >= 4 is 10.2 Å². The Morgan fingerprint density at radius 3 is 2.70 bits per heavy atom. The van der Waals surface area contributed by atoms with Gasteiger partial charge in [0.25, 0.3) is 10.2 Å². The highest BCUT2D eigenvalue weighted by atomic mass is 32.2. The van der Waals surface area contributed by atoms with Crippen molar-refractivity contribution in [3.8, 4) is 0 Å². The predicted octanol–water partition coefficient (Wildman–Crippen LogP) is 1.67. The number of hydrogen-bond donors (Lipinski definition) is 1. The molecule has 0 aromatic rings. The highest BCUT2D eigenvalue weighted by molar-refractivity contribution is 7.86. The molecule has 6 heteroatoms. The lowest BCUT2D eigenvalue weighted by Gasteiger charge is -2.26. The third-order valence-corrected chi connectivity index (χ3v) is 5.94. The van der Waals surface area contributed by atoms with Crippen molar-refractivity contribution in [3.63, 3.8) is 0 Å². The van der Waals surface area contributed by atoms with E-state index >= 15 is 0 Å². The van der Waals surface area contributed by atoms with Crippen molar-refractivity contribution in [2.75, 3.05) is 39.8 Å². The number of rotatable bonds is 8. The molecule has 1 aliphatic heterocycles. The van der Waals surface area contributed by atoms with Gasteiger partial charge in [0.2, 0.25) is 0 Å². The van der Waals surface area contributed by atoms with E-state index < -0.39 is 10.2 Å². The van der Waals surface area contributed by atoms with Gasteiger partial charge in [0, 0.05) is 26.7 Å². The Morgan fingerprint density at radius 1 is 1.25 bits per heavy atom. The van der Waals surface area contributed by atoms with Crippen LogP contribution >= 0.6 is 0 Å². The van der Waals surface area contributed by atoms with Gasteiger partial charge in [-0.05, 0) is 51.1 Å². The maximum absolute atomic E-state index is 12.5. The van der Waals surface area contributed by atoms with Gasteiger partial charge >= 0.3 is 0 Å². The Kier molecular flexibility index (Phi) is 8.02. The maximum Gasteiger partial charge on any atom is 0.281 e. The van der Waals surface area contributed by atoms with Gasteiger partial charge in [-0.3, -0.25) is 0 Å². The van der Waals surface area contributed by atoms with Crippen LogP contribution < -0.4 is 5.32 Å². The number of nitrogens with zero attached hydrogens (tertiary/aromatic N) is 2. The fraction of sp³-hybridized carbons (Fsp3) is 1.00. The van der Waals surface area contributed by atoms with E-state index in [-0.39, 0.29) is 0 Å². The molecule has 0 saturated carbocycles. The molecule has 1 unspecified atom stereocenters. The van der Waals surface area contributed by atoms with Gasteiger partial charge < -0.3 is 5.32 Å². The third kappa shape index (κ3) is 5.68. The summed E-state index contributed by atoms with van der Waals surface area (Å²) in [4.78, 5) is 0. The molecular formula is C14H31N3O2S. The molecule has 1 N–H and O–H groups in total. The van der Waals surface area contributed by atoms with Crippen molar-refractivity contribution in [1.82, 2.24) is 13.9 Å². The summed E-state index contributed by atoms with van der Waals surface area (Å²) in [5.41, 5.74) is 0. The first kappa shape index (κ1) is 17.9. The SMILES string of the molecule is CCCNCCCN(C)S(=O)(=O)N1CCCC(C)CC1. The fourth-order valence-electron chi connectivity index (χ4n) is 2.51. The lowest BCUT2D eigenvalue weighted by atomic mass is 10.0. The van der Waals surface area contributed by atoms with Crippen LogP contribution in [0.25, 0.3) is 0 Å². The zero-order valence-corrected chi connectivity index (χ0v) is 14.1. The molecule has 0 aliphatic carbocycles. The predicted molar refractivity (Wildman–Crippen MR) is 83.9 cm³/mol. The zero-order chi connectivity index (χ0) is 15.0. The lowest BCUT2D eigenvalue weighted by molar-refractivity contribution is 0.359. The third-order valence-electron chi connectivity index (χ3n) is 3.95. The summed E-state index contributed by atoms with van der Waals surface area (Å²) in [5, 5.41) is 3.30. The van der Waals surface area contributed by atoms with Crippen molar-refractivity contribution < 1.29 is 8.42 Å². The second kappa shape index (κ2) is 8.97. The molecule has 0 aromatic carbocycles. The maximum atomic E-state index is 12.5. The summed E-state index contributed by atoms with van der Waals surface area (Å²) >= 11 is 0. The molecular weight excluding hydrogens is 274 g/mol. The van der Waals surface area contributed by atoms with Crippen LogP contribution in [0.1, 0.15) is 46.0 Å². The topological polar surface area (TPSA) is 52.7 Å². The summed E-state index contributed by atoms with van der Waals surface area (Å²) in [6.07, 6.45) is 5.06. The quantitative estimate of drug-likeness (QED) is 0.694. The average molecular weight is 305 g/mol. The van der Waals surface area contributed by atoms with Gasteiger partial charge in [-0.25, -0.2) is 0 Å². The van der Waals surface area contributed by atoms with Crippen LogP contribution in [0.15, 0.2) is 0 Å². The van der Waals surface area contributed by atoms with Crippen molar-refractivity contribution in [3.05, 3.63) is 0 Å². The Labute approximate surface area is 124 Å². The molecule has 0 radical (unpaired) electrons. The molecule has 1 saturated heterocycles. The van der Waals surface area contributed by atoms with Crippen molar-refractivity contribution in [1.29, 1.82) is 0 Å². The minimum atomic E-state index is -3.26. The Morgan fingerprint density at radius 2 is 2.00 bits per heavy atom. The molecule has 20 heavy (non-hydrogen) atoms. The smallest absolute Gasteiger partial charge is 0.281 e. The second-order valence-electron chi connectivity index (χ2n) is 5.87. The largest absolute Gasteiger partial charge is 0.317 e. The Hall–Kier alpha value is -0.170. The normalized spacial score (nSPS) is 22.1. The average Bonchev–Trinajstić information content (AvgIpc) is 2.63. The molecule has 0 spiro atoms. The molecule has 1 atom stereocenters. The van der Waals surface area contributed by atoms with E-state index in [9.17, 15) is 8.42 Å². The molecule has 5 nitrogen and oxygen atoms in total. The van der Waals surface area contributed by atoms with Crippen LogP contribution in [0.2, 0.25) is 0 Å². The van der Waals surface area contributed by atoms with Gasteiger partial charge in [-0.1, -0.05) is 13.8 Å². The molecule has 0 bridgehead atoms. The molecule has 0 amide bonds. The highest BCUT2D eigenvalue weighted by Crippen LogP contribution is 2.19. The Balaban J connectivity index is 2.41. The summed E-state index contributed by atoms with van der Waals surface area (Å²) in [7, 11) is -1.56. The summed E-state index contributed by atoms with van der Waals surface area (Å²) in [6.45, 7) is 8.15. The van der Waals surface area contributed by atoms with Crippen LogP contribution in [0, 0.1) is 5.92 Å². The van der Waals surface area contributed by atoms with E-state index in [0.29, 0.717) is 25.6 Å². The van der Waals surface area contributed by atoms with Gasteiger partial charge in [-0.2, -0.15) is 17.0 Å². The van der Waals surface area contributed by atoms with Crippen LogP contribution in [0.3, 0.4) is 0 Å². The van der Waals surface area contributed by atoms with E-state index in [2.05, 4.69) is 19.2 Å². The molecule has 120 valence electrons. The molecule has 1 aliphatic rings. The van der Waals surface area contributed by atoms with Crippen LogP contribution in [-0.2, 0) is 10.2 Å². The summed E-state index contributed by atoms with van der Waals surface area (Å²) < 4.78 is 28.2. The van der Waals surface area contributed by atoms with Crippen LogP contribution in [0.4, 0.5) is 0 Å². The number of nitrogens with one attached hydrogen (secondary N) is 1. The van der Waals surface area contributed by atoms with E-state index in [1.165, 1.54) is 4.31 Å². The molecule has 1 rings (SSSR count). The summed E-state index contributed by atoms with van der Waals surface area (Å²) in [6, 6.07) is 0. The van der Waals surface area contributed by atoms with E-state index in [4.69, 9.17) is 0 Å². The van der Waals surface area contributed by atoms with Crippen LogP contribution in [-0.4, -0.2) is 56.8 Å². The standard InChI is InChI=1S/C14H31N3O2S/c1-4-9-15-10-6-11-16(3)20(18,19)17-12-5-7-14(2)8-13-17/h14-15H,4-13H2,1-3H3. The molecule has 1 heterocycles. The van der Waals surface area contributed by atoms with Gasteiger partial charge in [0.05, 0.1) is 0 Å². The number of hydrogen-bond acceptors (Lipinski definition) is 3.